The number of ether oxygens (including phenoxy) is 1. The van der Waals surface area contributed by atoms with Crippen molar-refractivity contribution >= 4 is 17.3 Å². The van der Waals surface area contributed by atoms with Crippen molar-refractivity contribution in [2.75, 3.05) is 44.8 Å². The number of benzene rings is 1. The van der Waals surface area contributed by atoms with Gasteiger partial charge in [-0.2, -0.15) is 0 Å². The molecule has 1 saturated heterocycles. The number of methoxy groups -OCH3 is 1. The molecule has 0 aliphatic carbocycles. The second-order valence-electron chi connectivity index (χ2n) is 6.94. The van der Waals surface area contributed by atoms with E-state index < -0.39 is 0 Å². The Balaban J connectivity index is 1.70. The van der Waals surface area contributed by atoms with E-state index in [4.69, 9.17) is 16.3 Å². The molecule has 26 heavy (non-hydrogen) atoms. The van der Waals surface area contributed by atoms with E-state index in [1.54, 1.807) is 7.11 Å². The molecule has 1 aromatic carbocycles. The molecule has 0 radical (unpaired) electrons. The molecule has 1 aliphatic heterocycles. The highest BCUT2D eigenvalue weighted by Crippen LogP contribution is 2.29. The van der Waals surface area contributed by atoms with E-state index in [2.05, 4.69) is 45.2 Å². The zero-order valence-electron chi connectivity index (χ0n) is 15.7. The van der Waals surface area contributed by atoms with Gasteiger partial charge in [-0.25, -0.2) is 4.68 Å². The molecule has 3 rings (SSSR count). The van der Waals surface area contributed by atoms with Crippen LogP contribution in [0.25, 0.3) is 0 Å². The average Bonchev–Trinajstić information content (AvgIpc) is 3.08. The third-order valence-corrected chi connectivity index (χ3v) is 5.08. The fourth-order valence-electron chi connectivity index (χ4n) is 3.57. The smallest absolute Gasteiger partial charge is 0.168 e. The Kier molecular flexibility index (Phi) is 6.45. The predicted molar refractivity (Wildman–Crippen MR) is 103 cm³/mol. The lowest BCUT2D eigenvalue weighted by molar-refractivity contribution is 0.129. The number of halogens is 1. The summed E-state index contributed by atoms with van der Waals surface area (Å²) in [6, 6.07) is 8.26. The van der Waals surface area contributed by atoms with Crippen LogP contribution in [0.5, 0.6) is 0 Å². The van der Waals surface area contributed by atoms with Crippen molar-refractivity contribution in [3.63, 3.8) is 0 Å². The summed E-state index contributed by atoms with van der Waals surface area (Å²) in [5, 5.41) is 13.2. The Morgan fingerprint density at radius 2 is 1.96 bits per heavy atom. The quantitative estimate of drug-likeness (QED) is 0.737. The standard InChI is InChI=1S/C18H27ClN6O/c1-14(2)17(18-20-21-22-25(18)11-12-26-3)24-9-7-23(8-10-24)16-6-4-5-15(19)13-16/h4-6,13-14,17H,7-12H2,1-3H3/t17-/m0/s1. The molecule has 0 bridgehead atoms. The summed E-state index contributed by atoms with van der Waals surface area (Å²) in [4.78, 5) is 4.87. The van der Waals surface area contributed by atoms with Crippen LogP contribution in [0.15, 0.2) is 24.3 Å². The van der Waals surface area contributed by atoms with Crippen LogP contribution in [0.2, 0.25) is 5.02 Å². The number of hydrogen-bond donors (Lipinski definition) is 0. The maximum atomic E-state index is 6.14. The highest BCUT2D eigenvalue weighted by Gasteiger charge is 2.31. The van der Waals surface area contributed by atoms with Gasteiger partial charge in [-0.15, -0.1) is 5.10 Å². The van der Waals surface area contributed by atoms with Crippen LogP contribution in [-0.4, -0.2) is 65.0 Å². The van der Waals surface area contributed by atoms with Crippen LogP contribution in [-0.2, 0) is 11.3 Å². The maximum absolute atomic E-state index is 6.14. The first-order valence-electron chi connectivity index (χ1n) is 9.09. The molecule has 0 N–H and O–H groups in total. The first kappa shape index (κ1) is 19.1. The second-order valence-corrected chi connectivity index (χ2v) is 7.38. The molecule has 0 spiro atoms. The number of hydrogen-bond acceptors (Lipinski definition) is 6. The van der Waals surface area contributed by atoms with Crippen LogP contribution in [0.3, 0.4) is 0 Å². The number of piperazine rings is 1. The fraction of sp³-hybridized carbons (Fsp3) is 0.611. The lowest BCUT2D eigenvalue weighted by atomic mass is 10.0. The van der Waals surface area contributed by atoms with Crippen LogP contribution in [0, 0.1) is 5.92 Å². The number of anilines is 1. The number of nitrogens with zero attached hydrogens (tertiary/aromatic N) is 6. The van der Waals surface area contributed by atoms with E-state index >= 15 is 0 Å². The molecule has 2 heterocycles. The first-order valence-corrected chi connectivity index (χ1v) is 9.47. The molecule has 142 valence electrons. The van der Waals surface area contributed by atoms with Gasteiger partial charge in [-0.3, -0.25) is 4.90 Å². The second kappa shape index (κ2) is 8.79. The molecule has 0 amide bonds. The summed E-state index contributed by atoms with van der Waals surface area (Å²) in [5.74, 6) is 1.34. The Hall–Kier alpha value is -1.70. The Bertz CT molecular complexity index is 698. The summed E-state index contributed by atoms with van der Waals surface area (Å²) in [7, 11) is 1.69. The van der Waals surface area contributed by atoms with Crippen LogP contribution in [0.1, 0.15) is 25.7 Å². The zero-order chi connectivity index (χ0) is 18.5. The van der Waals surface area contributed by atoms with Gasteiger partial charge in [-0.05, 0) is 34.5 Å². The summed E-state index contributed by atoms with van der Waals surface area (Å²) in [6.45, 7) is 9.58. The van der Waals surface area contributed by atoms with Gasteiger partial charge in [-0.1, -0.05) is 31.5 Å². The van der Waals surface area contributed by atoms with Gasteiger partial charge in [0.15, 0.2) is 5.82 Å². The Morgan fingerprint density at radius 1 is 1.19 bits per heavy atom. The molecule has 1 aliphatic rings. The fourth-order valence-corrected chi connectivity index (χ4v) is 3.76. The molecule has 1 atom stereocenters. The Morgan fingerprint density at radius 3 is 2.62 bits per heavy atom. The van der Waals surface area contributed by atoms with E-state index in [0.717, 1.165) is 37.0 Å². The highest BCUT2D eigenvalue weighted by atomic mass is 35.5. The van der Waals surface area contributed by atoms with Crippen LogP contribution < -0.4 is 4.90 Å². The van der Waals surface area contributed by atoms with Crippen LogP contribution >= 0.6 is 11.6 Å². The third-order valence-electron chi connectivity index (χ3n) is 4.84. The zero-order valence-corrected chi connectivity index (χ0v) is 16.4. The van der Waals surface area contributed by atoms with Gasteiger partial charge < -0.3 is 9.64 Å². The summed E-state index contributed by atoms with van der Waals surface area (Å²) >= 11 is 6.14. The summed E-state index contributed by atoms with van der Waals surface area (Å²) in [6.07, 6.45) is 0. The van der Waals surface area contributed by atoms with Gasteiger partial charge in [0, 0.05) is 44.0 Å². The average molecular weight is 379 g/mol. The van der Waals surface area contributed by atoms with Gasteiger partial charge >= 0.3 is 0 Å². The third kappa shape index (κ3) is 4.34. The van der Waals surface area contributed by atoms with Crippen molar-refractivity contribution in [1.29, 1.82) is 0 Å². The van der Waals surface area contributed by atoms with Crippen molar-refractivity contribution in [3.8, 4) is 0 Å². The monoisotopic (exact) mass is 378 g/mol. The molecule has 0 unspecified atom stereocenters. The number of aromatic nitrogens is 4. The largest absolute Gasteiger partial charge is 0.383 e. The highest BCUT2D eigenvalue weighted by molar-refractivity contribution is 6.30. The molecule has 1 fully saturated rings. The molecule has 7 nitrogen and oxygen atoms in total. The SMILES string of the molecule is COCCn1nnnc1[C@H](C(C)C)N1CCN(c2cccc(Cl)c2)CC1. The van der Waals surface area contributed by atoms with Gasteiger partial charge in [0.2, 0.25) is 0 Å². The van der Waals surface area contributed by atoms with E-state index in [9.17, 15) is 0 Å². The predicted octanol–water partition coefficient (Wildman–Crippen LogP) is 2.49. The number of tetrazole rings is 1. The normalized spacial score (nSPS) is 17.0. The molecular weight excluding hydrogens is 352 g/mol. The lowest BCUT2D eigenvalue weighted by Crippen LogP contribution is -2.49. The Labute approximate surface area is 159 Å². The minimum atomic E-state index is 0.198. The lowest BCUT2D eigenvalue weighted by Gasteiger charge is -2.41. The van der Waals surface area contributed by atoms with Crippen LogP contribution in [0.4, 0.5) is 5.69 Å². The van der Waals surface area contributed by atoms with Crippen molar-refractivity contribution in [2.24, 2.45) is 5.92 Å². The van der Waals surface area contributed by atoms with Crippen molar-refractivity contribution in [2.45, 2.75) is 26.4 Å². The van der Waals surface area contributed by atoms with Crippen molar-refractivity contribution in [3.05, 3.63) is 35.1 Å². The van der Waals surface area contributed by atoms with Crippen molar-refractivity contribution < 1.29 is 4.74 Å². The van der Waals surface area contributed by atoms with E-state index in [1.807, 2.05) is 22.9 Å². The van der Waals surface area contributed by atoms with Gasteiger partial charge in [0.05, 0.1) is 19.2 Å². The first-order chi connectivity index (χ1) is 12.6. The van der Waals surface area contributed by atoms with E-state index in [-0.39, 0.29) is 6.04 Å². The van der Waals surface area contributed by atoms with E-state index in [0.29, 0.717) is 19.1 Å². The van der Waals surface area contributed by atoms with Gasteiger partial charge in [0.1, 0.15) is 0 Å². The molecule has 1 aromatic heterocycles. The molecular formula is C18H27ClN6O. The minimum absolute atomic E-state index is 0.198. The summed E-state index contributed by atoms with van der Waals surface area (Å²) < 4.78 is 7.05. The molecule has 0 saturated carbocycles. The molecule has 8 heteroatoms. The summed E-state index contributed by atoms with van der Waals surface area (Å²) in [5.41, 5.74) is 1.18. The van der Waals surface area contributed by atoms with Crippen molar-refractivity contribution in [1.82, 2.24) is 25.1 Å². The van der Waals surface area contributed by atoms with E-state index in [1.165, 1.54) is 5.69 Å². The topological polar surface area (TPSA) is 59.3 Å². The molecule has 2 aromatic rings. The minimum Gasteiger partial charge on any atom is -0.383 e. The maximum Gasteiger partial charge on any atom is 0.168 e. The van der Waals surface area contributed by atoms with Gasteiger partial charge in [0.25, 0.3) is 0 Å². The number of rotatable bonds is 7.